The molecule has 0 amide bonds. The normalized spacial score (nSPS) is 20.9. The van der Waals surface area contributed by atoms with Crippen molar-refractivity contribution >= 4 is 27.7 Å². The zero-order chi connectivity index (χ0) is 10.1. The summed E-state index contributed by atoms with van der Waals surface area (Å²) < 4.78 is 3.45. The second kappa shape index (κ2) is 4.27. The van der Waals surface area contributed by atoms with Gasteiger partial charge in [-0.05, 0) is 40.9 Å². The van der Waals surface area contributed by atoms with Gasteiger partial charge in [0, 0.05) is 6.54 Å². The van der Waals surface area contributed by atoms with Gasteiger partial charge in [-0.3, -0.25) is 0 Å². The van der Waals surface area contributed by atoms with Crippen LogP contribution in [0.1, 0.15) is 24.9 Å². The summed E-state index contributed by atoms with van der Waals surface area (Å²) in [4.78, 5) is 4.58. The summed E-state index contributed by atoms with van der Waals surface area (Å²) in [5, 5.41) is 0. The molecule has 0 saturated carbocycles. The summed E-state index contributed by atoms with van der Waals surface area (Å²) in [6.07, 6.45) is 4.58. The molecule has 2 nitrogen and oxygen atoms in total. The minimum Gasteiger partial charge on any atom is -0.330 e. The molecule has 78 valence electrons. The largest absolute Gasteiger partial charge is 0.330 e. The molecule has 0 radical (unpaired) electrons. The molecule has 0 spiro atoms. The lowest BCUT2D eigenvalue weighted by Crippen LogP contribution is -2.18. The first-order valence-electron chi connectivity index (χ1n) is 4.95. The molecule has 2 heterocycles. The van der Waals surface area contributed by atoms with Crippen molar-refractivity contribution in [1.82, 2.24) is 9.55 Å². The van der Waals surface area contributed by atoms with E-state index < -0.39 is 0 Å². The van der Waals surface area contributed by atoms with E-state index in [2.05, 4.69) is 38.7 Å². The van der Waals surface area contributed by atoms with Crippen LogP contribution in [0.15, 0.2) is 4.60 Å². The van der Waals surface area contributed by atoms with Crippen molar-refractivity contribution < 1.29 is 0 Å². The zero-order valence-corrected chi connectivity index (χ0v) is 11.0. The Bertz CT molecular complexity index is 335. The van der Waals surface area contributed by atoms with E-state index in [1.807, 2.05) is 11.8 Å². The highest BCUT2D eigenvalue weighted by Crippen LogP contribution is 2.28. The number of imidazole rings is 1. The molecule has 1 unspecified atom stereocenters. The fraction of sp³-hybridized carbons (Fsp3) is 0.700. The molecule has 0 bridgehead atoms. The van der Waals surface area contributed by atoms with Crippen molar-refractivity contribution in [3.05, 3.63) is 16.1 Å². The molecule has 1 aromatic rings. The molecule has 4 heteroatoms. The first-order valence-corrected chi connectivity index (χ1v) is 7.13. The number of fused-ring (bicyclic) bond motifs is 1. The lowest BCUT2D eigenvalue weighted by atomic mass is 9.99. The Balaban J connectivity index is 2.33. The fourth-order valence-corrected chi connectivity index (χ4v) is 3.04. The second-order valence-electron chi connectivity index (χ2n) is 3.95. The van der Waals surface area contributed by atoms with Crippen molar-refractivity contribution in [2.24, 2.45) is 5.92 Å². The highest BCUT2D eigenvalue weighted by molar-refractivity contribution is 9.10. The van der Waals surface area contributed by atoms with Crippen LogP contribution < -0.4 is 0 Å². The summed E-state index contributed by atoms with van der Waals surface area (Å²) in [6.45, 7) is 3.46. The molecular formula is C10H15BrN2S. The number of hydrogen-bond acceptors (Lipinski definition) is 2. The molecule has 0 aliphatic carbocycles. The average Bonchev–Trinajstić information content (AvgIpc) is 2.44. The zero-order valence-electron chi connectivity index (χ0n) is 8.59. The van der Waals surface area contributed by atoms with Gasteiger partial charge in [0.2, 0.25) is 0 Å². The van der Waals surface area contributed by atoms with Crippen molar-refractivity contribution in [3.8, 4) is 0 Å². The van der Waals surface area contributed by atoms with Gasteiger partial charge in [0.1, 0.15) is 10.4 Å². The van der Waals surface area contributed by atoms with Crippen molar-refractivity contribution in [3.63, 3.8) is 0 Å². The van der Waals surface area contributed by atoms with Crippen LogP contribution in [0.3, 0.4) is 0 Å². The van der Waals surface area contributed by atoms with Crippen LogP contribution >= 0.6 is 27.7 Å². The third kappa shape index (κ3) is 1.87. The summed E-state index contributed by atoms with van der Waals surface area (Å²) in [6, 6.07) is 0. The molecule has 1 aliphatic rings. The number of nitrogens with zero attached hydrogens (tertiary/aromatic N) is 2. The standard InChI is InChI=1S/C10H15BrN2S/c1-7-3-4-13-8(5-7)10(11)12-9(13)6-14-2/h7H,3-6H2,1-2H3. The third-order valence-electron chi connectivity index (χ3n) is 2.76. The van der Waals surface area contributed by atoms with Gasteiger partial charge in [0.25, 0.3) is 0 Å². The Morgan fingerprint density at radius 1 is 1.64 bits per heavy atom. The highest BCUT2D eigenvalue weighted by atomic mass is 79.9. The molecule has 0 N–H and O–H groups in total. The first kappa shape index (κ1) is 10.6. The summed E-state index contributed by atoms with van der Waals surface area (Å²) in [5.41, 5.74) is 1.40. The van der Waals surface area contributed by atoms with Crippen LogP contribution in [0, 0.1) is 5.92 Å². The Labute approximate surface area is 97.6 Å². The van der Waals surface area contributed by atoms with E-state index in [9.17, 15) is 0 Å². The number of rotatable bonds is 2. The van der Waals surface area contributed by atoms with E-state index in [4.69, 9.17) is 0 Å². The minimum absolute atomic E-state index is 0.803. The van der Waals surface area contributed by atoms with Crippen LogP contribution in [0.2, 0.25) is 0 Å². The lowest BCUT2D eigenvalue weighted by molar-refractivity contribution is 0.410. The van der Waals surface area contributed by atoms with Crippen LogP contribution in [-0.4, -0.2) is 15.8 Å². The monoisotopic (exact) mass is 274 g/mol. The molecule has 0 saturated heterocycles. The topological polar surface area (TPSA) is 17.8 Å². The van der Waals surface area contributed by atoms with Gasteiger partial charge < -0.3 is 4.57 Å². The Morgan fingerprint density at radius 2 is 2.43 bits per heavy atom. The van der Waals surface area contributed by atoms with Gasteiger partial charge in [0.05, 0.1) is 11.4 Å². The number of thioether (sulfide) groups is 1. The second-order valence-corrected chi connectivity index (χ2v) is 5.57. The Hall–Kier alpha value is 0.0400. The van der Waals surface area contributed by atoms with E-state index in [1.54, 1.807) is 0 Å². The molecule has 14 heavy (non-hydrogen) atoms. The maximum absolute atomic E-state index is 4.58. The predicted molar refractivity (Wildman–Crippen MR) is 64.6 cm³/mol. The molecule has 1 atom stereocenters. The lowest BCUT2D eigenvalue weighted by Gasteiger charge is -2.21. The van der Waals surface area contributed by atoms with E-state index in [0.717, 1.165) is 22.8 Å². The maximum Gasteiger partial charge on any atom is 0.127 e. The molecule has 2 rings (SSSR count). The predicted octanol–water partition coefficient (Wildman–Crippen LogP) is 3.09. The molecule has 0 aromatic carbocycles. The summed E-state index contributed by atoms with van der Waals surface area (Å²) >= 11 is 5.40. The maximum atomic E-state index is 4.58. The van der Waals surface area contributed by atoms with Crippen LogP contribution in [-0.2, 0) is 18.7 Å². The quantitative estimate of drug-likeness (QED) is 0.825. The van der Waals surface area contributed by atoms with E-state index in [0.29, 0.717) is 0 Å². The number of halogens is 1. The fourth-order valence-electron chi connectivity index (χ4n) is 1.98. The van der Waals surface area contributed by atoms with Gasteiger partial charge in [-0.15, -0.1) is 0 Å². The van der Waals surface area contributed by atoms with Crippen molar-refractivity contribution in [2.75, 3.05) is 6.26 Å². The SMILES string of the molecule is CSCc1nc(Br)c2n1CCC(C)C2. The minimum atomic E-state index is 0.803. The summed E-state index contributed by atoms with van der Waals surface area (Å²) in [5.74, 6) is 3.05. The highest BCUT2D eigenvalue weighted by Gasteiger charge is 2.21. The molecule has 1 aromatic heterocycles. The smallest absolute Gasteiger partial charge is 0.127 e. The average molecular weight is 275 g/mol. The van der Waals surface area contributed by atoms with E-state index >= 15 is 0 Å². The molecule has 1 aliphatic heterocycles. The van der Waals surface area contributed by atoms with E-state index in [1.165, 1.54) is 24.4 Å². The molecular weight excluding hydrogens is 260 g/mol. The van der Waals surface area contributed by atoms with Gasteiger partial charge in [-0.25, -0.2) is 4.98 Å². The Kier molecular flexibility index (Phi) is 3.22. The van der Waals surface area contributed by atoms with Crippen LogP contribution in [0.5, 0.6) is 0 Å². The first-order chi connectivity index (χ1) is 6.72. The number of aromatic nitrogens is 2. The Morgan fingerprint density at radius 3 is 3.14 bits per heavy atom. The third-order valence-corrected chi connectivity index (χ3v) is 3.95. The van der Waals surface area contributed by atoms with Gasteiger partial charge in [0.15, 0.2) is 0 Å². The van der Waals surface area contributed by atoms with Gasteiger partial charge >= 0.3 is 0 Å². The van der Waals surface area contributed by atoms with Crippen LogP contribution in [0.4, 0.5) is 0 Å². The molecule has 0 fully saturated rings. The van der Waals surface area contributed by atoms with Crippen molar-refractivity contribution in [1.29, 1.82) is 0 Å². The summed E-state index contributed by atoms with van der Waals surface area (Å²) in [7, 11) is 0. The number of hydrogen-bond donors (Lipinski definition) is 0. The van der Waals surface area contributed by atoms with Gasteiger partial charge in [-0.1, -0.05) is 6.92 Å². The van der Waals surface area contributed by atoms with E-state index in [-0.39, 0.29) is 0 Å². The van der Waals surface area contributed by atoms with Crippen LogP contribution in [0.25, 0.3) is 0 Å². The van der Waals surface area contributed by atoms with Crippen molar-refractivity contribution in [2.45, 2.75) is 32.1 Å². The van der Waals surface area contributed by atoms with Gasteiger partial charge in [-0.2, -0.15) is 11.8 Å².